The van der Waals surface area contributed by atoms with Crippen LogP contribution in [0, 0.1) is 0 Å². The number of carbonyl (C=O) groups is 1. The topological polar surface area (TPSA) is 90.8 Å². The van der Waals surface area contributed by atoms with Gasteiger partial charge in [-0.15, -0.1) is 0 Å². The number of amides is 1. The molecule has 1 fully saturated rings. The van der Waals surface area contributed by atoms with E-state index in [0.29, 0.717) is 18.6 Å². The lowest BCUT2D eigenvalue weighted by molar-refractivity contribution is -0.122. The van der Waals surface area contributed by atoms with Crippen LogP contribution in [-0.2, 0) is 27.9 Å². The summed E-state index contributed by atoms with van der Waals surface area (Å²) in [5, 5.41) is 2.98. The highest BCUT2D eigenvalue weighted by atomic mass is 32.2. The molecule has 32 heavy (non-hydrogen) atoms. The number of piperazine rings is 1. The maximum Gasteiger partial charge on any atom is 0.242 e. The Kier molecular flexibility index (Phi) is 8.26. The molecule has 0 spiro atoms. The summed E-state index contributed by atoms with van der Waals surface area (Å²) in [7, 11) is -0.431. The minimum atomic E-state index is -3.49. The third-order valence-corrected chi connectivity index (χ3v) is 7.75. The summed E-state index contributed by atoms with van der Waals surface area (Å²) >= 11 is 0. The summed E-state index contributed by atoms with van der Waals surface area (Å²) < 4.78 is 28.3. The Balaban J connectivity index is 1.64. The number of aryl methyl sites for hydroxylation is 1. The Morgan fingerprint density at radius 1 is 1.12 bits per heavy atom. The van der Waals surface area contributed by atoms with Gasteiger partial charge in [0.25, 0.3) is 0 Å². The van der Waals surface area contributed by atoms with Gasteiger partial charge in [-0.1, -0.05) is 13.3 Å². The first-order valence-corrected chi connectivity index (χ1v) is 12.8. The summed E-state index contributed by atoms with van der Waals surface area (Å²) in [6.45, 7) is 10.3. The van der Waals surface area contributed by atoms with E-state index in [4.69, 9.17) is 4.98 Å². The predicted molar refractivity (Wildman–Crippen MR) is 126 cm³/mol. The molecule has 10 heteroatoms. The fraction of sp³-hybridized carbons (Fsp3) is 0.636. The molecule has 1 aliphatic heterocycles. The molecule has 0 unspecified atom stereocenters. The van der Waals surface area contributed by atoms with Gasteiger partial charge in [0, 0.05) is 53.4 Å². The van der Waals surface area contributed by atoms with Crippen molar-refractivity contribution in [3.63, 3.8) is 0 Å². The van der Waals surface area contributed by atoms with Gasteiger partial charge in [-0.05, 0) is 31.5 Å². The highest BCUT2D eigenvalue weighted by Gasteiger charge is 2.22. The van der Waals surface area contributed by atoms with Crippen LogP contribution in [0.1, 0.15) is 32.5 Å². The average molecular weight is 465 g/mol. The van der Waals surface area contributed by atoms with Crippen molar-refractivity contribution in [1.82, 2.24) is 29.0 Å². The molecule has 1 aliphatic rings. The number of rotatable bonds is 10. The molecule has 0 saturated carbocycles. The first-order valence-electron chi connectivity index (χ1n) is 11.4. The second kappa shape index (κ2) is 10.7. The van der Waals surface area contributed by atoms with Gasteiger partial charge in [-0.3, -0.25) is 14.6 Å². The fourth-order valence-electron chi connectivity index (χ4n) is 3.97. The van der Waals surface area contributed by atoms with Gasteiger partial charge in [0.2, 0.25) is 15.9 Å². The van der Waals surface area contributed by atoms with Crippen LogP contribution in [0.25, 0.3) is 11.0 Å². The lowest BCUT2D eigenvalue weighted by Crippen LogP contribution is -2.49. The van der Waals surface area contributed by atoms with Crippen molar-refractivity contribution >= 4 is 27.0 Å². The molecule has 1 aromatic heterocycles. The van der Waals surface area contributed by atoms with Gasteiger partial charge in [0.15, 0.2) is 0 Å². The summed E-state index contributed by atoms with van der Waals surface area (Å²) in [5.41, 5.74) is 1.65. The SMILES string of the molecule is CCCCNC(=O)CN1CCN(Cc2nc3cc(S(=O)(=O)N(C)C)ccc3n2CC)CC1. The molecule has 2 aromatic rings. The van der Waals surface area contributed by atoms with Gasteiger partial charge >= 0.3 is 0 Å². The molecular formula is C22H36N6O3S. The van der Waals surface area contributed by atoms with Crippen molar-refractivity contribution in [2.75, 3.05) is 53.4 Å². The van der Waals surface area contributed by atoms with E-state index in [0.717, 1.165) is 63.5 Å². The largest absolute Gasteiger partial charge is 0.355 e. The zero-order valence-corrected chi connectivity index (χ0v) is 20.5. The van der Waals surface area contributed by atoms with Crippen LogP contribution < -0.4 is 5.32 Å². The van der Waals surface area contributed by atoms with Gasteiger partial charge < -0.3 is 9.88 Å². The molecule has 1 aromatic carbocycles. The number of imidazole rings is 1. The highest BCUT2D eigenvalue weighted by molar-refractivity contribution is 7.89. The van der Waals surface area contributed by atoms with E-state index in [2.05, 4.69) is 33.5 Å². The van der Waals surface area contributed by atoms with Crippen molar-refractivity contribution in [2.24, 2.45) is 0 Å². The summed E-state index contributed by atoms with van der Waals surface area (Å²) in [4.78, 5) is 21.6. The first-order chi connectivity index (χ1) is 15.3. The molecule has 3 rings (SSSR count). The number of fused-ring (bicyclic) bond motifs is 1. The number of nitrogens with zero attached hydrogens (tertiary/aromatic N) is 5. The lowest BCUT2D eigenvalue weighted by atomic mass is 10.3. The summed E-state index contributed by atoms with van der Waals surface area (Å²) in [5.74, 6) is 1.04. The molecule has 0 bridgehead atoms. The van der Waals surface area contributed by atoms with Crippen LogP contribution in [0.4, 0.5) is 0 Å². The van der Waals surface area contributed by atoms with Gasteiger partial charge in [0.05, 0.1) is 29.0 Å². The van der Waals surface area contributed by atoms with Crippen molar-refractivity contribution in [3.05, 3.63) is 24.0 Å². The zero-order chi connectivity index (χ0) is 23.3. The van der Waals surface area contributed by atoms with Crippen molar-refractivity contribution in [3.8, 4) is 0 Å². The normalized spacial score (nSPS) is 16.2. The minimum absolute atomic E-state index is 0.100. The van der Waals surface area contributed by atoms with Gasteiger partial charge in [-0.2, -0.15) is 0 Å². The quantitative estimate of drug-likeness (QED) is 0.534. The Labute approximate surface area is 191 Å². The highest BCUT2D eigenvalue weighted by Crippen LogP contribution is 2.23. The van der Waals surface area contributed by atoms with E-state index in [9.17, 15) is 13.2 Å². The van der Waals surface area contributed by atoms with Crippen molar-refractivity contribution in [1.29, 1.82) is 0 Å². The smallest absolute Gasteiger partial charge is 0.242 e. The van der Waals surface area contributed by atoms with E-state index in [1.165, 1.54) is 18.4 Å². The van der Waals surface area contributed by atoms with E-state index >= 15 is 0 Å². The van der Waals surface area contributed by atoms with Crippen molar-refractivity contribution < 1.29 is 13.2 Å². The Morgan fingerprint density at radius 2 is 1.81 bits per heavy atom. The lowest BCUT2D eigenvalue weighted by Gasteiger charge is -2.34. The van der Waals surface area contributed by atoms with E-state index in [1.807, 2.05) is 6.07 Å². The van der Waals surface area contributed by atoms with E-state index in [-0.39, 0.29) is 10.8 Å². The maximum atomic E-state index is 12.5. The summed E-state index contributed by atoms with van der Waals surface area (Å²) in [6, 6.07) is 5.16. The Hall–Kier alpha value is -2.01. The number of benzene rings is 1. The van der Waals surface area contributed by atoms with Gasteiger partial charge in [-0.25, -0.2) is 17.7 Å². The maximum absolute atomic E-state index is 12.5. The number of unbranched alkanes of at least 4 members (excludes halogenated alkanes) is 1. The average Bonchev–Trinajstić information content (AvgIpc) is 3.11. The standard InChI is InChI=1S/C22H36N6O3S/c1-5-7-10-23-22(29)17-27-13-11-26(12-14-27)16-21-24-19-15-18(32(30,31)25(3)4)8-9-20(19)28(21)6-2/h8-9,15H,5-7,10-14,16-17H2,1-4H3,(H,23,29). The number of nitrogens with one attached hydrogen (secondary N) is 1. The molecule has 1 saturated heterocycles. The predicted octanol–water partition coefficient (Wildman–Crippen LogP) is 1.34. The number of hydrogen-bond acceptors (Lipinski definition) is 6. The number of sulfonamides is 1. The Morgan fingerprint density at radius 3 is 2.44 bits per heavy atom. The molecule has 2 heterocycles. The monoisotopic (exact) mass is 464 g/mol. The van der Waals surface area contributed by atoms with Crippen LogP contribution in [0.5, 0.6) is 0 Å². The van der Waals surface area contributed by atoms with Crippen LogP contribution in [-0.4, -0.2) is 91.3 Å². The molecule has 0 atom stereocenters. The molecule has 9 nitrogen and oxygen atoms in total. The van der Waals surface area contributed by atoms with Gasteiger partial charge in [0.1, 0.15) is 5.82 Å². The minimum Gasteiger partial charge on any atom is -0.355 e. The molecule has 178 valence electrons. The van der Waals surface area contributed by atoms with Crippen LogP contribution in [0.2, 0.25) is 0 Å². The summed E-state index contributed by atoms with van der Waals surface area (Å²) in [6.07, 6.45) is 2.09. The number of aromatic nitrogens is 2. The number of hydrogen-bond donors (Lipinski definition) is 1. The Bertz CT molecular complexity index is 1030. The molecule has 1 N–H and O–H groups in total. The van der Waals surface area contributed by atoms with Crippen LogP contribution in [0.15, 0.2) is 23.1 Å². The second-order valence-corrected chi connectivity index (χ2v) is 10.6. The van der Waals surface area contributed by atoms with E-state index in [1.54, 1.807) is 12.1 Å². The third kappa shape index (κ3) is 5.67. The molecule has 1 amide bonds. The fourth-order valence-corrected chi connectivity index (χ4v) is 4.90. The molecular weight excluding hydrogens is 428 g/mol. The van der Waals surface area contributed by atoms with Crippen LogP contribution in [0.3, 0.4) is 0 Å². The van der Waals surface area contributed by atoms with E-state index < -0.39 is 10.0 Å². The zero-order valence-electron chi connectivity index (χ0n) is 19.7. The van der Waals surface area contributed by atoms with Crippen molar-refractivity contribution in [2.45, 2.75) is 44.7 Å². The molecule has 0 radical (unpaired) electrons. The first kappa shape index (κ1) is 24.6. The van der Waals surface area contributed by atoms with Crippen LogP contribution >= 0.6 is 0 Å². The molecule has 0 aliphatic carbocycles. The third-order valence-electron chi connectivity index (χ3n) is 5.94. The second-order valence-electron chi connectivity index (χ2n) is 8.47. The number of carbonyl (C=O) groups excluding carboxylic acids is 1.